The van der Waals surface area contributed by atoms with Crippen molar-refractivity contribution in [1.82, 2.24) is 14.5 Å². The van der Waals surface area contributed by atoms with E-state index in [0.29, 0.717) is 0 Å². The summed E-state index contributed by atoms with van der Waals surface area (Å²) in [6.07, 6.45) is 0. The zero-order chi connectivity index (χ0) is 29.9. The van der Waals surface area contributed by atoms with E-state index in [1.165, 1.54) is 33.1 Å². The lowest BCUT2D eigenvalue weighted by Crippen LogP contribution is -2.26. The molecule has 45 heavy (non-hydrogen) atoms. The quantitative estimate of drug-likeness (QED) is 0.205. The molecule has 0 aliphatic carbocycles. The Morgan fingerprint density at radius 2 is 1.33 bits per heavy atom. The van der Waals surface area contributed by atoms with E-state index < -0.39 is 0 Å². The molecule has 0 fully saturated rings. The van der Waals surface area contributed by atoms with Gasteiger partial charge < -0.3 is 8.98 Å². The molecule has 1 aliphatic rings. The Morgan fingerprint density at radius 1 is 0.578 bits per heavy atom. The maximum absolute atomic E-state index is 6.50. The minimum Gasteiger partial charge on any atom is -0.454 e. The van der Waals surface area contributed by atoms with Gasteiger partial charge in [0, 0.05) is 32.7 Å². The molecule has 6 aromatic carbocycles. The number of nitrogens with zero attached hydrogens (tertiary/aromatic N) is 3. The van der Waals surface area contributed by atoms with E-state index >= 15 is 0 Å². The highest BCUT2D eigenvalue weighted by atomic mass is 16.3. The van der Waals surface area contributed by atoms with Gasteiger partial charge in [-0.1, -0.05) is 98.8 Å². The molecule has 0 atom stereocenters. The number of hydrogen-bond donors (Lipinski definition) is 0. The SMILES string of the molecule is CC1(C)c2cc(-c3nc(-c4ccc5ccccc5c4)nc4ccccc34)ccc2-n2c3c1cccc3c1oc3ccccc3c12. The Labute approximate surface area is 259 Å². The average molecular weight is 578 g/mol. The molecule has 0 radical (unpaired) electrons. The fraction of sp³-hybridized carbons (Fsp3) is 0.0732. The molecule has 4 heteroatoms. The van der Waals surface area contributed by atoms with Crippen molar-refractivity contribution in [3.8, 4) is 28.3 Å². The number of rotatable bonds is 2. The largest absolute Gasteiger partial charge is 0.454 e. The molecule has 0 spiro atoms. The Bertz CT molecular complexity index is 2690. The monoisotopic (exact) mass is 577 g/mol. The van der Waals surface area contributed by atoms with E-state index in [9.17, 15) is 0 Å². The van der Waals surface area contributed by atoms with Crippen LogP contribution in [0.5, 0.6) is 0 Å². The van der Waals surface area contributed by atoms with Gasteiger partial charge in [0.2, 0.25) is 0 Å². The second-order valence-electron chi connectivity index (χ2n) is 12.6. The summed E-state index contributed by atoms with van der Waals surface area (Å²) < 4.78 is 8.92. The standard InChI is InChI=1S/C41H27N3O/c1-41(2)31-15-9-14-30-37(31)44(38-29-13-6-8-17-35(29)45-39(30)38)34-21-20-26(23-32(34)41)36-28-12-5-7-16-33(28)42-40(43-36)27-19-18-24-10-3-4-11-25(24)22-27/h3-23H,1-2H3. The molecule has 9 aromatic rings. The average Bonchev–Trinajstić information content (AvgIpc) is 3.62. The Morgan fingerprint density at radius 3 is 2.24 bits per heavy atom. The number of hydrogen-bond acceptors (Lipinski definition) is 3. The number of fused-ring (bicyclic) bond motifs is 9. The summed E-state index contributed by atoms with van der Waals surface area (Å²) in [6, 6.07) is 45.1. The molecule has 212 valence electrons. The van der Waals surface area contributed by atoms with Crippen molar-refractivity contribution in [3.63, 3.8) is 0 Å². The molecule has 4 nitrogen and oxygen atoms in total. The van der Waals surface area contributed by atoms with E-state index in [0.717, 1.165) is 61.0 Å². The van der Waals surface area contributed by atoms with Gasteiger partial charge in [-0.25, -0.2) is 9.97 Å². The van der Waals surface area contributed by atoms with Crippen LogP contribution in [0.15, 0.2) is 132 Å². The van der Waals surface area contributed by atoms with E-state index in [4.69, 9.17) is 14.4 Å². The number of benzene rings is 6. The highest BCUT2D eigenvalue weighted by molar-refractivity contribution is 6.18. The van der Waals surface area contributed by atoms with Crippen molar-refractivity contribution < 1.29 is 4.42 Å². The molecule has 3 aromatic heterocycles. The van der Waals surface area contributed by atoms with Crippen LogP contribution in [0.25, 0.3) is 83.0 Å². The summed E-state index contributed by atoms with van der Waals surface area (Å²) in [5, 5.41) is 5.72. The molecule has 10 rings (SSSR count). The van der Waals surface area contributed by atoms with Crippen LogP contribution in [0.4, 0.5) is 0 Å². The highest BCUT2D eigenvalue weighted by Gasteiger charge is 2.36. The van der Waals surface area contributed by atoms with E-state index in [1.54, 1.807) is 0 Å². The van der Waals surface area contributed by atoms with Gasteiger partial charge in [0.05, 0.1) is 22.4 Å². The molecule has 0 bridgehead atoms. The molecular weight excluding hydrogens is 550 g/mol. The van der Waals surface area contributed by atoms with Crippen molar-refractivity contribution in [1.29, 1.82) is 0 Å². The third-order valence-electron chi connectivity index (χ3n) is 9.77. The Balaban J connectivity index is 1.24. The molecule has 0 amide bonds. The van der Waals surface area contributed by atoms with Crippen LogP contribution in [0.2, 0.25) is 0 Å². The zero-order valence-corrected chi connectivity index (χ0v) is 24.9. The van der Waals surface area contributed by atoms with Crippen LogP contribution in [0, 0.1) is 0 Å². The predicted molar refractivity (Wildman–Crippen MR) is 184 cm³/mol. The highest BCUT2D eigenvalue weighted by Crippen LogP contribution is 2.50. The fourth-order valence-electron chi connectivity index (χ4n) is 7.54. The van der Waals surface area contributed by atoms with Crippen molar-refractivity contribution >= 4 is 54.6 Å². The number of para-hydroxylation sites is 3. The summed E-state index contributed by atoms with van der Waals surface area (Å²) in [5.41, 5.74) is 11.7. The number of furan rings is 1. The molecule has 0 saturated carbocycles. The van der Waals surface area contributed by atoms with Crippen LogP contribution in [0.3, 0.4) is 0 Å². The molecular formula is C41H27N3O. The van der Waals surface area contributed by atoms with E-state index in [1.807, 2.05) is 12.1 Å². The smallest absolute Gasteiger partial charge is 0.161 e. The molecule has 4 heterocycles. The second kappa shape index (κ2) is 8.67. The predicted octanol–water partition coefficient (Wildman–Crippen LogP) is 10.6. The Hall–Kier alpha value is -5.74. The van der Waals surface area contributed by atoms with Gasteiger partial charge in [-0.05, 0) is 64.4 Å². The van der Waals surface area contributed by atoms with Crippen LogP contribution in [-0.4, -0.2) is 14.5 Å². The van der Waals surface area contributed by atoms with Gasteiger partial charge >= 0.3 is 0 Å². The maximum atomic E-state index is 6.50. The van der Waals surface area contributed by atoms with Crippen molar-refractivity contribution in [3.05, 3.63) is 139 Å². The summed E-state index contributed by atoms with van der Waals surface area (Å²) in [6.45, 7) is 4.67. The van der Waals surface area contributed by atoms with Crippen molar-refractivity contribution in [2.75, 3.05) is 0 Å². The van der Waals surface area contributed by atoms with Crippen LogP contribution in [0.1, 0.15) is 25.0 Å². The van der Waals surface area contributed by atoms with Crippen LogP contribution < -0.4 is 0 Å². The van der Waals surface area contributed by atoms with Gasteiger partial charge in [0.1, 0.15) is 11.1 Å². The number of aromatic nitrogens is 3. The van der Waals surface area contributed by atoms with Crippen molar-refractivity contribution in [2.24, 2.45) is 0 Å². The maximum Gasteiger partial charge on any atom is 0.161 e. The summed E-state index contributed by atoms with van der Waals surface area (Å²) in [5.74, 6) is 0.732. The van der Waals surface area contributed by atoms with Gasteiger partial charge in [-0.15, -0.1) is 0 Å². The normalized spacial score (nSPS) is 13.7. The van der Waals surface area contributed by atoms with Gasteiger partial charge in [0.25, 0.3) is 0 Å². The van der Waals surface area contributed by atoms with Crippen LogP contribution in [-0.2, 0) is 5.41 Å². The summed E-state index contributed by atoms with van der Waals surface area (Å²) in [4.78, 5) is 10.3. The van der Waals surface area contributed by atoms with Crippen LogP contribution >= 0.6 is 0 Å². The fourth-order valence-corrected chi connectivity index (χ4v) is 7.54. The van der Waals surface area contributed by atoms with E-state index in [-0.39, 0.29) is 5.41 Å². The second-order valence-corrected chi connectivity index (χ2v) is 12.6. The van der Waals surface area contributed by atoms with E-state index in [2.05, 4.69) is 134 Å². The minimum absolute atomic E-state index is 0.240. The summed E-state index contributed by atoms with van der Waals surface area (Å²) >= 11 is 0. The zero-order valence-electron chi connectivity index (χ0n) is 24.9. The molecule has 0 unspecified atom stereocenters. The van der Waals surface area contributed by atoms with Gasteiger partial charge in [0.15, 0.2) is 11.4 Å². The summed E-state index contributed by atoms with van der Waals surface area (Å²) in [7, 11) is 0. The molecule has 1 aliphatic heterocycles. The molecule has 0 saturated heterocycles. The van der Waals surface area contributed by atoms with Gasteiger partial charge in [-0.2, -0.15) is 0 Å². The first-order chi connectivity index (χ1) is 22.1. The van der Waals surface area contributed by atoms with Crippen molar-refractivity contribution in [2.45, 2.75) is 19.3 Å². The van der Waals surface area contributed by atoms with Gasteiger partial charge in [-0.3, -0.25) is 0 Å². The third-order valence-corrected chi connectivity index (χ3v) is 9.77. The third kappa shape index (κ3) is 3.31. The minimum atomic E-state index is -0.240. The topological polar surface area (TPSA) is 43.9 Å². The lowest BCUT2D eigenvalue weighted by atomic mass is 9.74. The Kier molecular flexibility index (Phi) is 4.76. The lowest BCUT2D eigenvalue weighted by molar-refractivity contribution is 0.630. The first kappa shape index (κ1) is 24.7. The lowest BCUT2D eigenvalue weighted by Gasteiger charge is -2.35. The first-order valence-electron chi connectivity index (χ1n) is 15.4. The molecule has 0 N–H and O–H groups in total. The first-order valence-corrected chi connectivity index (χ1v) is 15.4.